The van der Waals surface area contributed by atoms with Gasteiger partial charge in [0.15, 0.2) is 11.2 Å². The van der Waals surface area contributed by atoms with E-state index in [-0.39, 0.29) is 0 Å². The molecule has 3 aromatic carbocycles. The standard InChI is InChI=1S/C27H24N3O/c1-15(2)18-7-9-21-23(12-18)29-14-30(6)26(21)25-17(4)16(3)11-22-20-10-8-19(28-5)13-24(20)31-27(22)25/h7-15H,1-4,6H3/q+1. The van der Waals surface area contributed by atoms with E-state index in [2.05, 4.69) is 61.4 Å². The molecule has 0 amide bonds. The Kier molecular flexibility index (Phi) is 4.30. The molecule has 0 aliphatic heterocycles. The van der Waals surface area contributed by atoms with Crippen LogP contribution in [0.25, 0.3) is 48.9 Å². The minimum atomic E-state index is 0.447. The normalized spacial score (nSPS) is 11.6. The van der Waals surface area contributed by atoms with Gasteiger partial charge >= 0.3 is 0 Å². The van der Waals surface area contributed by atoms with Gasteiger partial charge in [-0.2, -0.15) is 0 Å². The van der Waals surface area contributed by atoms with E-state index in [0.29, 0.717) is 11.6 Å². The smallest absolute Gasteiger partial charge is 0.287 e. The lowest BCUT2D eigenvalue weighted by atomic mass is 9.93. The molecule has 5 rings (SSSR count). The van der Waals surface area contributed by atoms with Crippen molar-refractivity contribution in [1.29, 1.82) is 0 Å². The largest absolute Gasteiger partial charge is 0.457 e. The van der Waals surface area contributed by atoms with Gasteiger partial charge in [-0.05, 0) is 65.7 Å². The van der Waals surface area contributed by atoms with Gasteiger partial charge in [0, 0.05) is 10.8 Å². The van der Waals surface area contributed by atoms with E-state index < -0.39 is 0 Å². The van der Waals surface area contributed by atoms with Gasteiger partial charge in [0.05, 0.1) is 24.6 Å². The zero-order valence-electron chi connectivity index (χ0n) is 18.4. The molecule has 0 aliphatic carbocycles. The summed E-state index contributed by atoms with van der Waals surface area (Å²) in [5.74, 6) is 0.447. The Morgan fingerprint density at radius 2 is 1.77 bits per heavy atom. The van der Waals surface area contributed by atoms with Crippen LogP contribution in [0.15, 0.2) is 53.2 Å². The predicted molar refractivity (Wildman–Crippen MR) is 125 cm³/mol. The van der Waals surface area contributed by atoms with Crippen molar-refractivity contribution in [2.24, 2.45) is 7.05 Å². The molecule has 2 aromatic heterocycles. The number of aryl methyl sites for hydroxylation is 2. The first-order valence-corrected chi connectivity index (χ1v) is 10.5. The van der Waals surface area contributed by atoms with Crippen LogP contribution in [0.1, 0.15) is 36.5 Å². The third-order valence-corrected chi connectivity index (χ3v) is 6.30. The van der Waals surface area contributed by atoms with E-state index >= 15 is 0 Å². The minimum absolute atomic E-state index is 0.447. The third kappa shape index (κ3) is 2.89. The number of fused-ring (bicyclic) bond motifs is 4. The highest BCUT2D eigenvalue weighted by molar-refractivity contribution is 6.12. The zero-order valence-corrected chi connectivity index (χ0v) is 18.4. The maximum atomic E-state index is 7.34. The highest BCUT2D eigenvalue weighted by Crippen LogP contribution is 2.41. The topological polar surface area (TPSA) is 34.3 Å². The second-order valence-electron chi connectivity index (χ2n) is 8.60. The molecular weight excluding hydrogens is 382 g/mol. The Bertz CT molecular complexity index is 1550. The van der Waals surface area contributed by atoms with Crippen LogP contribution in [-0.2, 0) is 7.05 Å². The summed E-state index contributed by atoms with van der Waals surface area (Å²) in [5.41, 5.74) is 9.04. The van der Waals surface area contributed by atoms with Gasteiger partial charge in [0.2, 0.25) is 0 Å². The molecule has 5 aromatic rings. The van der Waals surface area contributed by atoms with Crippen LogP contribution >= 0.6 is 0 Å². The molecule has 31 heavy (non-hydrogen) atoms. The minimum Gasteiger partial charge on any atom is -0.457 e. The maximum absolute atomic E-state index is 7.34. The maximum Gasteiger partial charge on any atom is 0.287 e. The van der Waals surface area contributed by atoms with Crippen molar-refractivity contribution in [2.45, 2.75) is 33.6 Å². The predicted octanol–water partition coefficient (Wildman–Crippen LogP) is 6.92. The number of rotatable bonds is 2. The number of aromatic nitrogens is 2. The second-order valence-corrected chi connectivity index (χ2v) is 8.60. The van der Waals surface area contributed by atoms with Crippen LogP contribution in [0.4, 0.5) is 5.69 Å². The van der Waals surface area contributed by atoms with Crippen LogP contribution in [0.5, 0.6) is 0 Å². The highest BCUT2D eigenvalue weighted by Gasteiger charge is 2.24. The highest BCUT2D eigenvalue weighted by atomic mass is 16.3. The SMILES string of the molecule is [C-]#[N+]c1ccc2c(c1)oc1c(-c3c4ccc(C(C)C)cc4nc[n+]3C)c(C)c(C)cc12. The van der Waals surface area contributed by atoms with Crippen molar-refractivity contribution in [1.82, 2.24) is 4.98 Å². The van der Waals surface area contributed by atoms with Crippen LogP contribution < -0.4 is 4.57 Å². The molecule has 0 radical (unpaired) electrons. The summed E-state index contributed by atoms with van der Waals surface area (Å²) in [6, 6.07) is 14.4. The lowest BCUT2D eigenvalue weighted by Crippen LogP contribution is -2.32. The van der Waals surface area contributed by atoms with Gasteiger partial charge in [-0.3, -0.25) is 0 Å². The zero-order chi connectivity index (χ0) is 21.9. The van der Waals surface area contributed by atoms with Gasteiger partial charge < -0.3 is 4.42 Å². The fourth-order valence-electron chi connectivity index (χ4n) is 4.40. The first-order chi connectivity index (χ1) is 14.9. The van der Waals surface area contributed by atoms with E-state index in [9.17, 15) is 0 Å². The summed E-state index contributed by atoms with van der Waals surface area (Å²) in [5, 5.41) is 3.22. The summed E-state index contributed by atoms with van der Waals surface area (Å²) in [6.45, 7) is 16.0. The molecule has 0 atom stereocenters. The van der Waals surface area contributed by atoms with Crippen molar-refractivity contribution >= 4 is 38.5 Å². The Morgan fingerprint density at radius 3 is 2.52 bits per heavy atom. The number of nitrogens with zero attached hydrogens (tertiary/aromatic N) is 3. The quantitative estimate of drug-likeness (QED) is 0.236. The van der Waals surface area contributed by atoms with Crippen molar-refractivity contribution in [3.63, 3.8) is 0 Å². The van der Waals surface area contributed by atoms with E-state index in [1.54, 1.807) is 0 Å². The van der Waals surface area contributed by atoms with Crippen molar-refractivity contribution in [3.05, 3.63) is 76.9 Å². The van der Waals surface area contributed by atoms with Crippen LogP contribution in [-0.4, -0.2) is 4.98 Å². The summed E-state index contributed by atoms with van der Waals surface area (Å²) in [7, 11) is 2.03. The first kappa shape index (κ1) is 19.3. The van der Waals surface area contributed by atoms with Crippen LogP contribution in [0.2, 0.25) is 0 Å². The van der Waals surface area contributed by atoms with Crippen LogP contribution in [0, 0.1) is 20.4 Å². The van der Waals surface area contributed by atoms with E-state index in [1.807, 2.05) is 31.6 Å². The Labute approximate surface area is 181 Å². The van der Waals surface area contributed by atoms with Crippen molar-refractivity contribution < 1.29 is 8.98 Å². The molecule has 0 saturated carbocycles. The average molecular weight is 407 g/mol. The Hall–Kier alpha value is -3.71. The van der Waals surface area contributed by atoms with Gasteiger partial charge in [-0.1, -0.05) is 32.0 Å². The summed E-state index contributed by atoms with van der Waals surface area (Å²) in [4.78, 5) is 8.27. The molecule has 4 nitrogen and oxygen atoms in total. The average Bonchev–Trinajstić information content (AvgIpc) is 3.12. The van der Waals surface area contributed by atoms with Gasteiger partial charge in [-0.15, -0.1) is 0 Å². The number of hydrogen-bond donors (Lipinski definition) is 0. The van der Waals surface area contributed by atoms with Crippen molar-refractivity contribution in [2.75, 3.05) is 0 Å². The Balaban J connectivity index is 1.92. The molecule has 0 bridgehead atoms. The van der Waals surface area contributed by atoms with Gasteiger partial charge in [0.1, 0.15) is 16.9 Å². The second kappa shape index (κ2) is 6.92. The van der Waals surface area contributed by atoms with Crippen molar-refractivity contribution in [3.8, 4) is 11.3 Å². The molecule has 0 saturated heterocycles. The lowest BCUT2D eigenvalue weighted by molar-refractivity contribution is -0.662. The van der Waals surface area contributed by atoms with E-state index in [0.717, 1.165) is 44.1 Å². The number of benzene rings is 3. The summed E-state index contributed by atoms with van der Waals surface area (Å²) >= 11 is 0. The number of hydrogen-bond acceptors (Lipinski definition) is 2. The lowest BCUT2D eigenvalue weighted by Gasteiger charge is -2.13. The molecule has 0 N–H and O–H groups in total. The van der Waals surface area contributed by atoms with Gasteiger partial charge in [-0.25, -0.2) is 9.41 Å². The Morgan fingerprint density at radius 1 is 1.00 bits per heavy atom. The summed E-state index contributed by atoms with van der Waals surface area (Å²) < 4.78 is 8.48. The molecule has 2 heterocycles. The molecule has 152 valence electrons. The fourth-order valence-corrected chi connectivity index (χ4v) is 4.40. The molecule has 0 fully saturated rings. The van der Waals surface area contributed by atoms with Crippen LogP contribution in [0.3, 0.4) is 0 Å². The molecular formula is C27H24N3O+. The third-order valence-electron chi connectivity index (χ3n) is 6.30. The molecule has 0 aliphatic rings. The van der Waals surface area contributed by atoms with E-state index in [1.165, 1.54) is 16.7 Å². The molecule has 0 unspecified atom stereocenters. The van der Waals surface area contributed by atoms with Gasteiger partial charge in [0.25, 0.3) is 6.33 Å². The molecule has 0 spiro atoms. The fraction of sp³-hybridized carbons (Fsp3) is 0.222. The van der Waals surface area contributed by atoms with E-state index in [4.69, 9.17) is 16.0 Å². The molecule has 4 heteroatoms. The number of furan rings is 1. The monoisotopic (exact) mass is 406 g/mol. The summed E-state index contributed by atoms with van der Waals surface area (Å²) in [6.07, 6.45) is 1.88. The first-order valence-electron chi connectivity index (χ1n) is 10.5.